The van der Waals surface area contributed by atoms with E-state index in [1.807, 2.05) is 13.8 Å². The number of hydrogen-bond acceptors (Lipinski definition) is 4. The second-order valence-electron chi connectivity index (χ2n) is 3.59. The van der Waals surface area contributed by atoms with Crippen LogP contribution in [0.2, 0.25) is 0 Å². The molecule has 0 fully saturated rings. The van der Waals surface area contributed by atoms with E-state index in [4.69, 9.17) is 0 Å². The molecule has 2 rings (SSSR count). The molecule has 0 amide bonds. The number of aromatic nitrogens is 3. The van der Waals surface area contributed by atoms with Gasteiger partial charge in [0, 0.05) is 24.6 Å². The molecule has 0 atom stereocenters. The van der Waals surface area contributed by atoms with Crippen molar-refractivity contribution in [2.75, 3.05) is 5.32 Å². The van der Waals surface area contributed by atoms with Crippen molar-refractivity contribution in [3.63, 3.8) is 0 Å². The van der Waals surface area contributed by atoms with E-state index >= 15 is 0 Å². The lowest BCUT2D eigenvalue weighted by Gasteiger charge is -2.08. The van der Waals surface area contributed by atoms with Crippen LogP contribution in [0.1, 0.15) is 24.3 Å². The summed E-state index contributed by atoms with van der Waals surface area (Å²) in [6, 6.07) is 0.278. The third-order valence-electron chi connectivity index (χ3n) is 1.94. The molecule has 0 aliphatic heterocycles. The first-order chi connectivity index (χ1) is 7.20. The molecular weight excluding hydrogens is 192 g/mol. The molecule has 78 valence electrons. The molecule has 15 heavy (non-hydrogen) atoms. The number of fused-ring (bicyclic) bond motifs is 1. The van der Waals surface area contributed by atoms with E-state index in [2.05, 4.69) is 15.3 Å². The number of nitrogens with zero attached hydrogens (tertiary/aromatic N) is 3. The van der Waals surface area contributed by atoms with Crippen LogP contribution in [0, 0.1) is 0 Å². The van der Waals surface area contributed by atoms with Gasteiger partial charge in [-0.05, 0) is 13.8 Å². The van der Waals surface area contributed by atoms with Crippen LogP contribution in [0.4, 0.5) is 5.82 Å². The largest absolute Gasteiger partial charge is 0.365 e. The first-order valence-electron chi connectivity index (χ1n) is 4.76. The number of carbonyl (C=O) groups excluding carboxylic acids is 1. The van der Waals surface area contributed by atoms with E-state index in [9.17, 15) is 4.79 Å². The minimum absolute atomic E-state index is 0.278. The highest BCUT2D eigenvalue weighted by Crippen LogP contribution is 2.13. The van der Waals surface area contributed by atoms with Crippen molar-refractivity contribution in [2.45, 2.75) is 19.9 Å². The zero-order valence-corrected chi connectivity index (χ0v) is 8.64. The number of hydrogen-bond donors (Lipinski definition) is 1. The van der Waals surface area contributed by atoms with Crippen LogP contribution in [0.15, 0.2) is 18.6 Å². The van der Waals surface area contributed by atoms with Gasteiger partial charge in [-0.2, -0.15) is 0 Å². The summed E-state index contributed by atoms with van der Waals surface area (Å²) in [7, 11) is 0. The van der Waals surface area contributed by atoms with Crippen molar-refractivity contribution in [3.05, 3.63) is 24.3 Å². The summed E-state index contributed by atoms with van der Waals surface area (Å²) in [5, 5.41) is 3.17. The van der Waals surface area contributed by atoms with Gasteiger partial charge in [0.1, 0.15) is 5.69 Å². The Balaban J connectivity index is 2.54. The van der Waals surface area contributed by atoms with Gasteiger partial charge in [0.25, 0.3) is 0 Å². The molecule has 0 saturated carbocycles. The molecule has 2 heterocycles. The van der Waals surface area contributed by atoms with E-state index in [1.54, 1.807) is 23.0 Å². The predicted octanol–water partition coefficient (Wildman–Crippen LogP) is 1.36. The Morgan fingerprint density at radius 1 is 1.53 bits per heavy atom. The molecule has 0 saturated heterocycles. The Morgan fingerprint density at radius 2 is 2.33 bits per heavy atom. The molecular formula is C10H12N4O. The maximum Gasteiger partial charge on any atom is 0.180 e. The van der Waals surface area contributed by atoms with Gasteiger partial charge in [-0.25, -0.2) is 9.97 Å². The van der Waals surface area contributed by atoms with Crippen molar-refractivity contribution in [2.24, 2.45) is 0 Å². The van der Waals surface area contributed by atoms with E-state index < -0.39 is 0 Å². The fraction of sp³-hybridized carbons (Fsp3) is 0.300. The number of rotatable bonds is 3. The molecule has 2 aromatic heterocycles. The van der Waals surface area contributed by atoms with E-state index in [0.29, 0.717) is 17.2 Å². The molecule has 0 radical (unpaired) electrons. The normalized spacial score (nSPS) is 10.9. The predicted molar refractivity (Wildman–Crippen MR) is 57.1 cm³/mol. The second kappa shape index (κ2) is 3.68. The summed E-state index contributed by atoms with van der Waals surface area (Å²) < 4.78 is 1.78. The number of carbonyl (C=O) groups is 1. The fourth-order valence-electron chi connectivity index (χ4n) is 1.37. The quantitative estimate of drug-likeness (QED) is 0.767. The highest BCUT2D eigenvalue weighted by Gasteiger charge is 2.07. The van der Waals surface area contributed by atoms with E-state index in [0.717, 1.165) is 6.29 Å². The standard InChI is InChI=1S/C10H12N4O/c1-7(2)12-9-10-13-8(6-15)5-14(10)4-3-11-9/h3-7H,1-2H3,(H,11,12). The van der Waals surface area contributed by atoms with Crippen LogP contribution in [0.5, 0.6) is 0 Å². The Morgan fingerprint density at radius 3 is 3.00 bits per heavy atom. The highest BCUT2D eigenvalue weighted by atomic mass is 16.1. The van der Waals surface area contributed by atoms with Gasteiger partial charge in [-0.1, -0.05) is 0 Å². The Hall–Kier alpha value is -1.91. The van der Waals surface area contributed by atoms with Gasteiger partial charge in [0.15, 0.2) is 17.8 Å². The molecule has 0 aliphatic rings. The first kappa shape index (κ1) is 9.64. The average molecular weight is 204 g/mol. The minimum Gasteiger partial charge on any atom is -0.365 e. The van der Waals surface area contributed by atoms with Gasteiger partial charge < -0.3 is 9.72 Å². The van der Waals surface area contributed by atoms with Gasteiger partial charge in [-0.3, -0.25) is 4.79 Å². The fourth-order valence-corrected chi connectivity index (χ4v) is 1.37. The topological polar surface area (TPSA) is 59.3 Å². The lowest BCUT2D eigenvalue weighted by molar-refractivity contribution is 0.111. The molecule has 1 N–H and O–H groups in total. The SMILES string of the molecule is CC(C)Nc1nccn2cc(C=O)nc12. The van der Waals surface area contributed by atoms with Crippen LogP contribution in [0.25, 0.3) is 5.65 Å². The zero-order valence-electron chi connectivity index (χ0n) is 8.64. The lowest BCUT2D eigenvalue weighted by Crippen LogP contribution is -2.12. The summed E-state index contributed by atoms with van der Waals surface area (Å²) >= 11 is 0. The van der Waals surface area contributed by atoms with Crippen molar-refractivity contribution in [3.8, 4) is 0 Å². The molecule has 2 aromatic rings. The van der Waals surface area contributed by atoms with Crippen LogP contribution in [-0.4, -0.2) is 26.7 Å². The molecule has 0 bridgehead atoms. The Kier molecular flexibility index (Phi) is 2.37. The summed E-state index contributed by atoms with van der Waals surface area (Å²) in [5.74, 6) is 0.695. The molecule has 0 spiro atoms. The Labute approximate surface area is 87.2 Å². The van der Waals surface area contributed by atoms with E-state index in [-0.39, 0.29) is 6.04 Å². The average Bonchev–Trinajstić information content (AvgIpc) is 2.61. The number of aldehydes is 1. The molecule has 0 aliphatic carbocycles. The molecule has 0 unspecified atom stereocenters. The summed E-state index contributed by atoms with van der Waals surface area (Å²) in [6.07, 6.45) is 5.84. The van der Waals surface area contributed by atoms with Crippen molar-refractivity contribution < 1.29 is 4.79 Å². The van der Waals surface area contributed by atoms with Gasteiger partial charge in [0.05, 0.1) is 0 Å². The lowest BCUT2D eigenvalue weighted by atomic mass is 10.4. The first-order valence-corrected chi connectivity index (χ1v) is 4.76. The molecule has 5 nitrogen and oxygen atoms in total. The maximum absolute atomic E-state index is 10.6. The van der Waals surface area contributed by atoms with Gasteiger partial charge in [0.2, 0.25) is 0 Å². The van der Waals surface area contributed by atoms with Gasteiger partial charge in [-0.15, -0.1) is 0 Å². The Bertz CT molecular complexity index is 489. The third kappa shape index (κ3) is 1.81. The summed E-state index contributed by atoms with van der Waals surface area (Å²) in [5.41, 5.74) is 1.09. The number of imidazole rings is 1. The van der Waals surface area contributed by atoms with Crippen LogP contribution in [0.3, 0.4) is 0 Å². The smallest absolute Gasteiger partial charge is 0.180 e. The molecule has 5 heteroatoms. The molecule has 0 aromatic carbocycles. The zero-order chi connectivity index (χ0) is 10.8. The summed E-state index contributed by atoms with van der Waals surface area (Å²) in [4.78, 5) is 18.9. The van der Waals surface area contributed by atoms with Crippen molar-refractivity contribution in [1.29, 1.82) is 0 Å². The monoisotopic (exact) mass is 204 g/mol. The second-order valence-corrected chi connectivity index (χ2v) is 3.59. The highest BCUT2D eigenvalue weighted by molar-refractivity contribution is 5.75. The third-order valence-corrected chi connectivity index (χ3v) is 1.94. The van der Waals surface area contributed by atoms with Crippen LogP contribution in [-0.2, 0) is 0 Å². The number of anilines is 1. The van der Waals surface area contributed by atoms with Gasteiger partial charge >= 0.3 is 0 Å². The summed E-state index contributed by atoms with van der Waals surface area (Å²) in [6.45, 7) is 4.05. The van der Waals surface area contributed by atoms with Crippen LogP contribution >= 0.6 is 0 Å². The van der Waals surface area contributed by atoms with Crippen molar-refractivity contribution >= 4 is 17.8 Å². The van der Waals surface area contributed by atoms with Crippen molar-refractivity contribution in [1.82, 2.24) is 14.4 Å². The number of nitrogens with one attached hydrogen (secondary N) is 1. The maximum atomic E-state index is 10.6. The van der Waals surface area contributed by atoms with Crippen LogP contribution < -0.4 is 5.32 Å². The van der Waals surface area contributed by atoms with E-state index in [1.165, 1.54) is 0 Å². The minimum atomic E-state index is 0.278.